The van der Waals surface area contributed by atoms with Gasteiger partial charge in [-0.05, 0) is 87.4 Å². The highest BCUT2D eigenvalue weighted by atomic mass is 32.3. The van der Waals surface area contributed by atoms with Gasteiger partial charge in [-0.25, -0.2) is 0 Å². The molecular weight excluding hydrogens is 909 g/mol. The molecule has 0 bridgehead atoms. The van der Waals surface area contributed by atoms with Gasteiger partial charge in [-0.2, -0.15) is 0 Å². The number of aromatic nitrogens is 2. The summed E-state index contributed by atoms with van der Waals surface area (Å²) in [5.74, 6) is 2.76. The Morgan fingerprint density at radius 2 is 0.861 bits per heavy atom. The molecule has 10 aromatic carbocycles. The molecule has 0 aliphatic heterocycles. The number of rotatable bonds is 13. The first-order chi connectivity index (χ1) is 35.7. The van der Waals surface area contributed by atoms with E-state index in [9.17, 15) is 0 Å². The zero-order valence-corrected chi connectivity index (χ0v) is 41.9. The molecule has 2 N–H and O–H groups in total. The number of hydrogen-bond donors (Lipinski definition) is 1. The number of anilines is 2. The summed E-state index contributed by atoms with van der Waals surface area (Å²) >= 11 is 0. The van der Waals surface area contributed by atoms with Crippen molar-refractivity contribution in [3.05, 3.63) is 279 Å². The van der Waals surface area contributed by atoms with Crippen molar-refractivity contribution in [3.63, 3.8) is 0 Å². The molecule has 4 nitrogen and oxygen atoms in total. The lowest BCUT2D eigenvalue weighted by Gasteiger charge is -2.54. The molecule has 2 heterocycles. The van der Waals surface area contributed by atoms with E-state index in [0.717, 1.165) is 61.6 Å². The maximum atomic E-state index is 7.38. The summed E-state index contributed by atoms with van der Waals surface area (Å²) in [4.78, 5) is 2.62. The van der Waals surface area contributed by atoms with Crippen LogP contribution in [-0.4, -0.2) is 23.8 Å². The predicted octanol–water partition coefficient (Wildman–Crippen LogP) is 15.6. The van der Waals surface area contributed by atoms with Crippen LogP contribution >= 0.6 is 10.2 Å². The van der Waals surface area contributed by atoms with E-state index in [2.05, 4.69) is 299 Å². The minimum absolute atomic E-state index is 0.718. The molecule has 0 atom stereocenters. The first kappa shape index (κ1) is 44.6. The molecule has 0 fully saturated rings. The highest BCUT2D eigenvalue weighted by Crippen LogP contribution is 2.67. The predicted molar refractivity (Wildman–Crippen MR) is 309 cm³/mol. The van der Waals surface area contributed by atoms with Crippen LogP contribution in [0.4, 0.5) is 11.6 Å². The Bertz CT molecular complexity index is 3690. The fourth-order valence-electron chi connectivity index (χ4n) is 10.8. The Balaban J connectivity index is 1.19. The van der Waals surface area contributed by atoms with Gasteiger partial charge in [0.15, 0.2) is 0 Å². The Morgan fingerprint density at radius 1 is 0.417 bits per heavy atom. The van der Waals surface area contributed by atoms with Gasteiger partial charge in [0.05, 0.1) is 16.7 Å². The van der Waals surface area contributed by atoms with Crippen LogP contribution < -0.4 is 20.1 Å². The van der Waals surface area contributed by atoms with Crippen molar-refractivity contribution < 1.29 is 0 Å². The molecule has 0 amide bonds. The Kier molecular flexibility index (Phi) is 12.0. The average molecular weight is 962 g/mol. The third-order valence-electron chi connectivity index (χ3n) is 13.9. The summed E-state index contributed by atoms with van der Waals surface area (Å²) in [6, 6.07) is 102. The number of benzene rings is 10. The molecule has 2 aromatic heterocycles. The van der Waals surface area contributed by atoms with Gasteiger partial charge in [-0.15, -0.1) is 10.2 Å². The Hall–Kier alpha value is -8.55. The van der Waals surface area contributed by atoms with Gasteiger partial charge < -0.3 is 9.70 Å². The standard InChI is InChI=1S/C66H53N4SSi/c1-2-71(53-35-15-6-16-36-53,54-37-17-7-18-38-54)70(66-64(50-30-11-4-12-31-50)59-44-23-25-46-61(59)68(66)52-33-13-5-14-34-52)72(55-39-19-8-20-40-55)56-41-27-32-51(48-56)57-42-21-24-45-60(57)69-62-47-26-22-43-58(62)63(65(69)67)49-28-9-3-10-29-49/h3-48H,2,67H2,1H3. The second kappa shape index (κ2) is 19.3. The molecule has 347 valence electrons. The molecule has 0 aliphatic rings. The van der Waals surface area contributed by atoms with Crippen LogP contribution in [0.25, 0.3) is 66.6 Å². The Labute approximate surface area is 425 Å². The maximum Gasteiger partial charge on any atom is 0.254 e. The van der Waals surface area contributed by atoms with E-state index < -0.39 is 19.2 Å². The third-order valence-corrected chi connectivity index (χ3v) is 21.5. The number of nitrogen functional groups attached to an aromatic ring is 1. The minimum atomic E-state index is -2.13. The van der Waals surface area contributed by atoms with Crippen LogP contribution in [0, 0.1) is 0 Å². The second-order valence-electron chi connectivity index (χ2n) is 18.0. The van der Waals surface area contributed by atoms with Gasteiger partial charge in [-0.1, -0.05) is 231 Å². The number of fused-ring (bicyclic) bond motifs is 2. The highest BCUT2D eigenvalue weighted by molar-refractivity contribution is 8.35. The smallest absolute Gasteiger partial charge is 0.254 e. The largest absolute Gasteiger partial charge is 0.384 e. The summed E-state index contributed by atoms with van der Waals surface area (Å²) in [6.45, 7) is 2.41. The van der Waals surface area contributed by atoms with Crippen molar-refractivity contribution in [2.75, 3.05) is 15.5 Å². The van der Waals surface area contributed by atoms with E-state index in [1.54, 1.807) is 0 Å². The van der Waals surface area contributed by atoms with Crippen LogP contribution in [-0.2, 0) is 0 Å². The molecule has 0 aliphatic carbocycles. The molecule has 0 saturated heterocycles. The van der Waals surface area contributed by atoms with Gasteiger partial charge in [0.1, 0.15) is 11.6 Å². The molecule has 0 saturated carbocycles. The zero-order chi connectivity index (χ0) is 48.4. The molecular formula is C66H53N4SSi. The summed E-state index contributed by atoms with van der Waals surface area (Å²) in [5, 5.41) is 4.90. The van der Waals surface area contributed by atoms with Crippen LogP contribution in [0.3, 0.4) is 0 Å². The minimum Gasteiger partial charge on any atom is -0.384 e. The average Bonchev–Trinajstić information content (AvgIpc) is 3.96. The van der Waals surface area contributed by atoms with Crippen molar-refractivity contribution in [2.24, 2.45) is 0 Å². The van der Waals surface area contributed by atoms with Crippen molar-refractivity contribution in [1.29, 1.82) is 0 Å². The van der Waals surface area contributed by atoms with E-state index in [1.807, 2.05) is 0 Å². The van der Waals surface area contributed by atoms with Crippen LogP contribution in [0.15, 0.2) is 289 Å². The topological polar surface area (TPSA) is 39.1 Å². The first-order valence-corrected chi connectivity index (χ1v) is 27.9. The van der Waals surface area contributed by atoms with Gasteiger partial charge in [-0.3, -0.25) is 9.13 Å². The fraction of sp³-hybridized carbons (Fsp3) is 0.0303. The summed E-state index contributed by atoms with van der Waals surface area (Å²) in [5.41, 5.74) is 18.5. The third kappa shape index (κ3) is 7.64. The molecule has 0 unspecified atom stereocenters. The Morgan fingerprint density at radius 3 is 1.46 bits per heavy atom. The van der Waals surface area contributed by atoms with Crippen molar-refractivity contribution in [2.45, 2.75) is 16.7 Å². The second-order valence-corrected chi connectivity index (χ2v) is 23.9. The lowest BCUT2D eigenvalue weighted by Crippen LogP contribution is -2.58. The van der Waals surface area contributed by atoms with Crippen LogP contribution in [0.1, 0.15) is 6.92 Å². The van der Waals surface area contributed by atoms with E-state index in [0.29, 0.717) is 0 Å². The van der Waals surface area contributed by atoms with Crippen molar-refractivity contribution in [3.8, 4) is 44.8 Å². The molecule has 12 rings (SSSR count). The quantitative estimate of drug-likeness (QED) is 0.117. The first-order valence-electron chi connectivity index (χ1n) is 24.7. The SMILES string of the molecule is CCS(c1ccccc1)(c1ccccc1)N(c1c(-c2ccccc2)c2ccccc2n1-c1ccccc1)[Si](c1ccccc1)c1cccc(-c2ccccc2-n2c(N)c(-c3ccccc3)c3ccccc32)c1. The molecule has 6 heteroatoms. The molecule has 0 spiro atoms. The number of para-hydroxylation sites is 4. The summed E-state index contributed by atoms with van der Waals surface area (Å²) in [7, 11) is -4.15. The van der Waals surface area contributed by atoms with Gasteiger partial charge in [0.2, 0.25) is 0 Å². The van der Waals surface area contributed by atoms with E-state index in [4.69, 9.17) is 5.73 Å². The maximum absolute atomic E-state index is 7.38. The van der Waals surface area contributed by atoms with E-state index >= 15 is 0 Å². The highest BCUT2D eigenvalue weighted by Gasteiger charge is 2.44. The number of nitrogens with two attached hydrogens (primary N) is 1. The van der Waals surface area contributed by atoms with E-state index in [-0.39, 0.29) is 0 Å². The molecule has 12 aromatic rings. The fourth-order valence-corrected chi connectivity index (χ4v) is 19.3. The van der Waals surface area contributed by atoms with E-state index in [1.165, 1.54) is 42.5 Å². The van der Waals surface area contributed by atoms with Crippen molar-refractivity contribution >= 4 is 63.0 Å². The van der Waals surface area contributed by atoms with Gasteiger partial charge >= 0.3 is 0 Å². The van der Waals surface area contributed by atoms with Crippen LogP contribution in [0.5, 0.6) is 0 Å². The lowest BCUT2D eigenvalue weighted by molar-refractivity contribution is 1.11. The number of hydrogen-bond acceptors (Lipinski definition) is 2. The molecule has 1 radical (unpaired) electrons. The monoisotopic (exact) mass is 961 g/mol. The molecule has 72 heavy (non-hydrogen) atoms. The summed E-state index contributed by atoms with van der Waals surface area (Å²) in [6.07, 6.45) is 0. The number of nitrogens with zero attached hydrogens (tertiary/aromatic N) is 3. The van der Waals surface area contributed by atoms with Gasteiger partial charge in [0, 0.05) is 42.9 Å². The summed E-state index contributed by atoms with van der Waals surface area (Å²) < 4.78 is 7.80. The zero-order valence-electron chi connectivity index (χ0n) is 40.1. The normalized spacial score (nSPS) is 11.9. The van der Waals surface area contributed by atoms with Gasteiger partial charge in [0.25, 0.3) is 8.96 Å². The van der Waals surface area contributed by atoms with Crippen molar-refractivity contribution in [1.82, 2.24) is 9.13 Å². The lowest BCUT2D eigenvalue weighted by atomic mass is 10.0. The van der Waals surface area contributed by atoms with Crippen LogP contribution in [0.2, 0.25) is 0 Å².